The fraction of sp³-hybridized carbons (Fsp3) is 0.500. The van der Waals surface area contributed by atoms with Crippen molar-refractivity contribution < 1.29 is 9.84 Å². The number of pyridine rings is 1. The minimum Gasteiger partial charge on any atom is -0.472 e. The van der Waals surface area contributed by atoms with E-state index in [-0.39, 0.29) is 12.2 Å². The fourth-order valence-electron chi connectivity index (χ4n) is 0.926. The zero-order chi connectivity index (χ0) is 9.90. The number of aromatic nitrogens is 1. The summed E-state index contributed by atoms with van der Waals surface area (Å²) < 4.78 is 5.55. The van der Waals surface area contributed by atoms with Gasteiger partial charge in [-0.3, -0.25) is 0 Å². The van der Waals surface area contributed by atoms with Crippen LogP contribution in [-0.2, 0) is 6.61 Å². The number of rotatable bonds is 2. The minimum absolute atomic E-state index is 0.0424. The Bertz CT molecular complexity index is 278. The van der Waals surface area contributed by atoms with Crippen molar-refractivity contribution in [1.82, 2.24) is 4.98 Å². The van der Waals surface area contributed by atoms with E-state index in [4.69, 9.17) is 9.84 Å². The van der Waals surface area contributed by atoms with Gasteiger partial charge in [-0.05, 0) is 32.9 Å². The van der Waals surface area contributed by atoms with E-state index in [0.29, 0.717) is 5.88 Å². The highest BCUT2D eigenvalue weighted by atomic mass is 16.5. The molecule has 1 heterocycles. The van der Waals surface area contributed by atoms with Crippen molar-refractivity contribution in [1.29, 1.82) is 0 Å². The summed E-state index contributed by atoms with van der Waals surface area (Å²) in [6.07, 6.45) is 1.65. The van der Waals surface area contributed by atoms with Gasteiger partial charge in [-0.15, -0.1) is 0 Å². The summed E-state index contributed by atoms with van der Waals surface area (Å²) >= 11 is 0. The van der Waals surface area contributed by atoms with Gasteiger partial charge in [-0.2, -0.15) is 0 Å². The first-order valence-electron chi connectivity index (χ1n) is 4.27. The normalized spacial score (nSPS) is 11.4. The Morgan fingerprint density at radius 1 is 1.46 bits per heavy atom. The zero-order valence-electron chi connectivity index (χ0n) is 8.24. The number of ether oxygens (including phenoxy) is 1. The molecule has 3 heteroatoms. The summed E-state index contributed by atoms with van der Waals surface area (Å²) in [6, 6.07) is 3.58. The second-order valence-electron chi connectivity index (χ2n) is 3.84. The second-order valence-corrected chi connectivity index (χ2v) is 3.84. The monoisotopic (exact) mass is 181 g/mol. The van der Waals surface area contributed by atoms with Crippen LogP contribution >= 0.6 is 0 Å². The van der Waals surface area contributed by atoms with Gasteiger partial charge >= 0.3 is 0 Å². The molecule has 1 rings (SSSR count). The molecule has 13 heavy (non-hydrogen) atoms. The van der Waals surface area contributed by atoms with Crippen molar-refractivity contribution in [2.75, 3.05) is 0 Å². The van der Waals surface area contributed by atoms with Gasteiger partial charge in [0.2, 0.25) is 5.88 Å². The SMILES string of the molecule is CC(C)(C)Oc1ncccc1CO. The molecule has 0 fully saturated rings. The number of aliphatic hydroxyl groups excluding tert-OH is 1. The van der Waals surface area contributed by atoms with Gasteiger partial charge in [-0.1, -0.05) is 0 Å². The Morgan fingerprint density at radius 3 is 2.69 bits per heavy atom. The van der Waals surface area contributed by atoms with Crippen LogP contribution in [0.25, 0.3) is 0 Å². The molecule has 72 valence electrons. The summed E-state index contributed by atoms with van der Waals surface area (Å²) in [5.41, 5.74) is 0.440. The molecular weight excluding hydrogens is 166 g/mol. The largest absolute Gasteiger partial charge is 0.472 e. The average molecular weight is 181 g/mol. The molecule has 0 aliphatic heterocycles. The lowest BCUT2D eigenvalue weighted by molar-refractivity contribution is 0.119. The molecule has 3 nitrogen and oxygen atoms in total. The van der Waals surface area contributed by atoms with Crippen LogP contribution in [-0.4, -0.2) is 15.7 Å². The molecule has 0 saturated carbocycles. The zero-order valence-corrected chi connectivity index (χ0v) is 8.24. The Labute approximate surface area is 78.4 Å². The molecule has 1 aromatic rings. The summed E-state index contributed by atoms with van der Waals surface area (Å²) in [7, 11) is 0. The first-order valence-corrected chi connectivity index (χ1v) is 4.27. The molecule has 1 N–H and O–H groups in total. The smallest absolute Gasteiger partial charge is 0.219 e. The molecule has 1 aromatic heterocycles. The molecule has 0 amide bonds. The third-order valence-electron chi connectivity index (χ3n) is 1.42. The van der Waals surface area contributed by atoms with Crippen molar-refractivity contribution in [2.45, 2.75) is 33.0 Å². The van der Waals surface area contributed by atoms with Gasteiger partial charge in [0.05, 0.1) is 6.61 Å². The molecule has 0 aromatic carbocycles. The van der Waals surface area contributed by atoms with Gasteiger partial charge < -0.3 is 9.84 Å². The molecule has 0 aliphatic rings. The summed E-state index contributed by atoms with van der Waals surface area (Å²) in [4.78, 5) is 4.05. The van der Waals surface area contributed by atoms with E-state index in [0.717, 1.165) is 5.56 Å². The topological polar surface area (TPSA) is 42.4 Å². The highest BCUT2D eigenvalue weighted by molar-refractivity contribution is 5.24. The van der Waals surface area contributed by atoms with Gasteiger partial charge in [0.25, 0.3) is 0 Å². The van der Waals surface area contributed by atoms with Crippen LogP contribution in [0, 0.1) is 0 Å². The van der Waals surface area contributed by atoms with Gasteiger partial charge in [0.15, 0.2) is 0 Å². The van der Waals surface area contributed by atoms with E-state index in [1.165, 1.54) is 0 Å². The quantitative estimate of drug-likeness (QED) is 0.755. The third kappa shape index (κ3) is 3.03. The number of hydrogen-bond acceptors (Lipinski definition) is 3. The molecule has 0 radical (unpaired) electrons. The molecule has 0 atom stereocenters. The lowest BCUT2D eigenvalue weighted by atomic mass is 10.2. The van der Waals surface area contributed by atoms with Crippen LogP contribution in [0.4, 0.5) is 0 Å². The molecule has 0 bridgehead atoms. The van der Waals surface area contributed by atoms with Crippen LogP contribution in [0.15, 0.2) is 18.3 Å². The van der Waals surface area contributed by atoms with E-state index >= 15 is 0 Å². The van der Waals surface area contributed by atoms with E-state index in [1.54, 1.807) is 18.3 Å². The van der Waals surface area contributed by atoms with E-state index < -0.39 is 0 Å². The van der Waals surface area contributed by atoms with E-state index in [1.807, 2.05) is 20.8 Å². The molecule has 0 spiro atoms. The first-order chi connectivity index (χ1) is 6.03. The van der Waals surface area contributed by atoms with Crippen LogP contribution in [0.5, 0.6) is 5.88 Å². The molecule has 0 unspecified atom stereocenters. The van der Waals surface area contributed by atoms with E-state index in [2.05, 4.69) is 4.98 Å². The van der Waals surface area contributed by atoms with Crippen molar-refractivity contribution in [3.05, 3.63) is 23.9 Å². The fourth-order valence-corrected chi connectivity index (χ4v) is 0.926. The summed E-state index contributed by atoms with van der Waals surface area (Å²) in [6.45, 7) is 5.80. The number of nitrogens with zero attached hydrogens (tertiary/aromatic N) is 1. The maximum absolute atomic E-state index is 9.00. The van der Waals surface area contributed by atoms with Crippen LogP contribution < -0.4 is 4.74 Å². The predicted octanol–water partition coefficient (Wildman–Crippen LogP) is 1.75. The Balaban J connectivity index is 2.87. The van der Waals surface area contributed by atoms with Crippen molar-refractivity contribution in [3.63, 3.8) is 0 Å². The van der Waals surface area contributed by atoms with Gasteiger partial charge in [-0.25, -0.2) is 4.98 Å². The molecule has 0 aliphatic carbocycles. The Hall–Kier alpha value is -1.09. The third-order valence-corrected chi connectivity index (χ3v) is 1.42. The summed E-state index contributed by atoms with van der Waals surface area (Å²) in [5.74, 6) is 0.512. The van der Waals surface area contributed by atoms with Crippen molar-refractivity contribution >= 4 is 0 Å². The van der Waals surface area contributed by atoms with Gasteiger partial charge in [0, 0.05) is 11.8 Å². The number of aliphatic hydroxyl groups is 1. The predicted molar refractivity (Wildman–Crippen MR) is 50.5 cm³/mol. The van der Waals surface area contributed by atoms with Crippen LogP contribution in [0.2, 0.25) is 0 Å². The first kappa shape index (κ1) is 9.99. The minimum atomic E-state index is -0.279. The highest BCUT2D eigenvalue weighted by Crippen LogP contribution is 2.19. The number of hydrogen-bond donors (Lipinski definition) is 1. The standard InChI is InChI=1S/C10H15NO2/c1-10(2,3)13-9-8(7-12)5-4-6-11-9/h4-6,12H,7H2,1-3H3. The summed E-state index contributed by atoms with van der Waals surface area (Å²) in [5, 5.41) is 9.00. The second kappa shape index (κ2) is 3.75. The van der Waals surface area contributed by atoms with Crippen molar-refractivity contribution in [2.24, 2.45) is 0 Å². The van der Waals surface area contributed by atoms with Gasteiger partial charge in [0.1, 0.15) is 5.60 Å². The maximum atomic E-state index is 9.00. The lowest BCUT2D eigenvalue weighted by Gasteiger charge is -2.21. The Morgan fingerprint density at radius 2 is 2.15 bits per heavy atom. The van der Waals surface area contributed by atoms with Crippen LogP contribution in [0.1, 0.15) is 26.3 Å². The van der Waals surface area contributed by atoms with Crippen molar-refractivity contribution in [3.8, 4) is 5.88 Å². The Kier molecular flexibility index (Phi) is 2.88. The highest BCUT2D eigenvalue weighted by Gasteiger charge is 2.14. The van der Waals surface area contributed by atoms with Crippen LogP contribution in [0.3, 0.4) is 0 Å². The average Bonchev–Trinajstić information content (AvgIpc) is 2.02. The lowest BCUT2D eigenvalue weighted by Crippen LogP contribution is -2.24. The maximum Gasteiger partial charge on any atom is 0.219 e. The molecular formula is C10H15NO2. The van der Waals surface area contributed by atoms with E-state index in [9.17, 15) is 0 Å². The molecule has 0 saturated heterocycles.